The van der Waals surface area contributed by atoms with E-state index >= 15 is 0 Å². The number of ether oxygens (including phenoxy) is 1. The topological polar surface area (TPSA) is 122 Å². The van der Waals surface area contributed by atoms with Crippen LogP contribution < -0.4 is 20.1 Å². The number of thiophene rings is 1. The Morgan fingerprint density at radius 2 is 1.85 bits per heavy atom. The van der Waals surface area contributed by atoms with Gasteiger partial charge in [-0.3, -0.25) is 14.8 Å². The van der Waals surface area contributed by atoms with Gasteiger partial charge in [-0.25, -0.2) is 18.4 Å². The van der Waals surface area contributed by atoms with E-state index in [1.54, 1.807) is 0 Å². The summed E-state index contributed by atoms with van der Waals surface area (Å²) in [5.74, 6) is -0.148. The van der Waals surface area contributed by atoms with E-state index in [9.17, 15) is 13.2 Å². The summed E-state index contributed by atoms with van der Waals surface area (Å²) in [5.41, 5.74) is 0.482. The number of methoxy groups -OCH3 is 1. The van der Waals surface area contributed by atoms with Gasteiger partial charge >= 0.3 is 0 Å². The molecule has 0 unspecified atom stereocenters. The van der Waals surface area contributed by atoms with Gasteiger partial charge in [-0.2, -0.15) is 0 Å². The van der Waals surface area contributed by atoms with Crippen LogP contribution in [0.15, 0.2) is 65.8 Å². The van der Waals surface area contributed by atoms with E-state index in [1.165, 1.54) is 55.1 Å². The molecule has 0 radical (unpaired) electrons. The Balaban J connectivity index is 1.41. The minimum absolute atomic E-state index is 0.00244. The molecule has 2 heterocycles. The molecule has 34 heavy (non-hydrogen) atoms. The first-order valence-corrected chi connectivity index (χ1v) is 12.6. The van der Waals surface area contributed by atoms with E-state index in [1.807, 2.05) is 24.3 Å². The van der Waals surface area contributed by atoms with Crippen molar-refractivity contribution in [2.45, 2.75) is 4.90 Å². The first-order chi connectivity index (χ1) is 16.3. The molecule has 2 aromatic carbocycles. The number of carbonyl (C=O) groups is 1. The van der Waals surface area contributed by atoms with Gasteiger partial charge in [-0.05, 0) is 42.5 Å². The van der Waals surface area contributed by atoms with Crippen LogP contribution >= 0.6 is 35.2 Å². The van der Waals surface area contributed by atoms with Crippen LogP contribution in [0.1, 0.15) is 9.67 Å². The number of aromatic nitrogens is 2. The molecular formula is C21H16ClN5O4S3. The van der Waals surface area contributed by atoms with Crippen molar-refractivity contribution in [3.8, 4) is 5.88 Å². The molecule has 174 valence electrons. The van der Waals surface area contributed by atoms with Gasteiger partial charge in [0.15, 0.2) is 5.11 Å². The lowest BCUT2D eigenvalue weighted by molar-refractivity contribution is 0.0982. The van der Waals surface area contributed by atoms with Gasteiger partial charge in [0.25, 0.3) is 15.9 Å². The molecule has 0 saturated carbocycles. The lowest BCUT2D eigenvalue weighted by Gasteiger charge is -2.11. The minimum atomic E-state index is -3.90. The van der Waals surface area contributed by atoms with Crippen LogP contribution in [0.3, 0.4) is 0 Å². The predicted molar refractivity (Wildman–Crippen MR) is 136 cm³/mol. The number of anilines is 2. The second-order valence-electron chi connectivity index (χ2n) is 6.73. The quantitative estimate of drug-likeness (QED) is 0.314. The summed E-state index contributed by atoms with van der Waals surface area (Å²) < 4.78 is 33.4. The molecule has 0 atom stereocenters. The maximum Gasteiger partial charge on any atom is 0.269 e. The Bertz CT molecular complexity index is 1490. The van der Waals surface area contributed by atoms with Crippen molar-refractivity contribution in [1.29, 1.82) is 0 Å². The highest BCUT2D eigenvalue weighted by Crippen LogP contribution is 2.35. The lowest BCUT2D eigenvalue weighted by Crippen LogP contribution is -2.33. The van der Waals surface area contributed by atoms with Crippen molar-refractivity contribution in [3.05, 3.63) is 70.8 Å². The fourth-order valence-electron chi connectivity index (χ4n) is 2.90. The second-order valence-corrected chi connectivity index (χ2v) is 10.2. The second kappa shape index (κ2) is 9.89. The van der Waals surface area contributed by atoms with Gasteiger partial charge < -0.3 is 10.1 Å². The zero-order valence-corrected chi connectivity index (χ0v) is 20.6. The summed E-state index contributed by atoms with van der Waals surface area (Å²) in [5, 5.41) is 6.64. The van der Waals surface area contributed by atoms with Crippen LogP contribution in [-0.2, 0) is 10.0 Å². The minimum Gasteiger partial charge on any atom is -0.481 e. The molecule has 0 saturated heterocycles. The van der Waals surface area contributed by atoms with Crippen LogP contribution in [0.25, 0.3) is 10.1 Å². The first kappa shape index (κ1) is 23.8. The van der Waals surface area contributed by atoms with Crippen molar-refractivity contribution >= 4 is 77.8 Å². The number of thiocarbonyl (C=S) groups is 1. The fourth-order valence-corrected chi connectivity index (χ4v) is 5.53. The Morgan fingerprint density at radius 1 is 1.12 bits per heavy atom. The van der Waals surface area contributed by atoms with Gasteiger partial charge in [-0.1, -0.05) is 29.8 Å². The molecule has 2 aromatic heterocycles. The Morgan fingerprint density at radius 3 is 2.56 bits per heavy atom. The first-order valence-electron chi connectivity index (χ1n) is 9.55. The molecule has 1 amide bonds. The average Bonchev–Trinajstić information content (AvgIpc) is 3.16. The number of carbonyl (C=O) groups excluding carboxylic acids is 1. The third-order valence-electron chi connectivity index (χ3n) is 4.48. The molecule has 13 heteroatoms. The van der Waals surface area contributed by atoms with Crippen LogP contribution in [-0.4, -0.2) is 36.5 Å². The van der Waals surface area contributed by atoms with Gasteiger partial charge in [-0.15, -0.1) is 11.3 Å². The fraction of sp³-hybridized carbons (Fsp3) is 0.0476. The highest BCUT2D eigenvalue weighted by atomic mass is 35.5. The largest absolute Gasteiger partial charge is 0.481 e. The number of nitrogens with one attached hydrogen (secondary N) is 3. The van der Waals surface area contributed by atoms with Crippen LogP contribution in [0, 0.1) is 0 Å². The molecule has 0 bridgehead atoms. The maximum absolute atomic E-state index is 12.6. The van der Waals surface area contributed by atoms with Crippen LogP contribution in [0.5, 0.6) is 5.88 Å². The molecule has 0 spiro atoms. The van der Waals surface area contributed by atoms with Gasteiger partial charge in [0.1, 0.15) is 17.0 Å². The average molecular weight is 534 g/mol. The molecule has 9 nitrogen and oxygen atoms in total. The lowest BCUT2D eigenvalue weighted by atomic mass is 10.2. The Kier molecular flexibility index (Phi) is 6.93. The summed E-state index contributed by atoms with van der Waals surface area (Å²) in [6.45, 7) is 0. The zero-order chi connectivity index (χ0) is 24.3. The summed E-state index contributed by atoms with van der Waals surface area (Å²) in [7, 11) is -2.48. The normalized spacial score (nSPS) is 11.1. The van der Waals surface area contributed by atoms with E-state index < -0.39 is 15.9 Å². The van der Waals surface area contributed by atoms with Crippen LogP contribution in [0.2, 0.25) is 5.02 Å². The smallest absolute Gasteiger partial charge is 0.269 e. The number of rotatable bonds is 6. The van der Waals surface area contributed by atoms with Crippen molar-refractivity contribution < 1.29 is 17.9 Å². The number of hydrogen-bond acceptors (Lipinski definition) is 8. The summed E-state index contributed by atoms with van der Waals surface area (Å²) in [6, 6.07) is 14.6. The van der Waals surface area contributed by atoms with E-state index in [-0.39, 0.29) is 21.7 Å². The van der Waals surface area contributed by atoms with Crippen molar-refractivity contribution in [2.75, 3.05) is 17.1 Å². The number of halogens is 1. The standard InChI is InChI=1S/C21H16ClN5O4S3/c1-31-17-10-16(23-11-24-17)27-34(29,30)13-8-6-12(7-9-13)25-21(32)26-20(28)19-18(22)14-4-2-3-5-15(14)33-19/h2-11H,1H3,(H,23,24,27)(H2,25,26,28,32). The predicted octanol–water partition coefficient (Wildman–Crippen LogP) is 4.28. The number of fused-ring (bicyclic) bond motifs is 1. The molecule has 0 fully saturated rings. The zero-order valence-electron chi connectivity index (χ0n) is 17.4. The molecule has 4 aromatic rings. The molecule has 4 rings (SSSR count). The number of benzene rings is 2. The Labute approximate surface area is 209 Å². The van der Waals surface area contributed by atoms with E-state index in [4.69, 9.17) is 28.6 Å². The number of sulfonamides is 1. The summed E-state index contributed by atoms with van der Waals surface area (Å²) in [6.07, 6.45) is 1.19. The van der Waals surface area contributed by atoms with Crippen LogP contribution in [0.4, 0.5) is 11.5 Å². The monoisotopic (exact) mass is 533 g/mol. The third kappa shape index (κ3) is 5.25. The van der Waals surface area contributed by atoms with Gasteiger partial charge in [0.2, 0.25) is 5.88 Å². The highest BCUT2D eigenvalue weighted by molar-refractivity contribution is 7.92. The highest BCUT2D eigenvalue weighted by Gasteiger charge is 2.19. The van der Waals surface area contributed by atoms with Crippen molar-refractivity contribution in [2.24, 2.45) is 0 Å². The van der Waals surface area contributed by atoms with Gasteiger partial charge in [0.05, 0.1) is 17.0 Å². The van der Waals surface area contributed by atoms with E-state index in [2.05, 4.69) is 25.3 Å². The van der Waals surface area contributed by atoms with Crippen molar-refractivity contribution in [1.82, 2.24) is 15.3 Å². The van der Waals surface area contributed by atoms with Gasteiger partial charge in [0, 0.05) is 21.8 Å². The molecular weight excluding hydrogens is 518 g/mol. The SMILES string of the molecule is COc1cc(NS(=O)(=O)c2ccc(NC(=S)NC(=O)c3sc4ccccc4c3Cl)cc2)ncn1. The summed E-state index contributed by atoms with van der Waals surface area (Å²) >= 11 is 12.8. The third-order valence-corrected chi connectivity index (χ3v) is 7.73. The molecule has 0 aliphatic heterocycles. The van der Waals surface area contributed by atoms with E-state index in [0.717, 1.165) is 10.1 Å². The van der Waals surface area contributed by atoms with Crippen molar-refractivity contribution in [3.63, 3.8) is 0 Å². The number of hydrogen-bond donors (Lipinski definition) is 3. The molecule has 3 N–H and O–H groups in total. The number of amides is 1. The Hall–Kier alpha value is -3.32. The number of nitrogens with zero attached hydrogens (tertiary/aromatic N) is 2. The summed E-state index contributed by atoms with van der Waals surface area (Å²) in [4.78, 5) is 20.7. The maximum atomic E-state index is 12.6. The molecule has 0 aliphatic rings. The molecule has 0 aliphatic carbocycles. The van der Waals surface area contributed by atoms with E-state index in [0.29, 0.717) is 15.6 Å².